The molecule has 7 heterocycles. The van der Waals surface area contributed by atoms with Crippen molar-refractivity contribution in [2.75, 3.05) is 22.6 Å². The maximum atomic E-state index is 12.6. The van der Waals surface area contributed by atoms with Gasteiger partial charge < -0.3 is 35.4 Å². The Labute approximate surface area is 549 Å². The Balaban J connectivity index is 0.000000143. The van der Waals surface area contributed by atoms with Gasteiger partial charge in [0, 0.05) is 65.3 Å². The van der Waals surface area contributed by atoms with Gasteiger partial charge in [0.1, 0.15) is 5.82 Å². The standard InChI is InChI=1S/C22H16N4O3S2.C21H15N5O3S2.C21H22N4O4S2.CH4/c27-22-17(20-18(25-22)10-11-19-21(20)30-13-24-19)12-23-14-6-8-16(9-7-14)31(28,29)26-15-4-2-1-3-5-15;27-21-15(19-16(25-21)8-9-17-20(19)30-12-24-17)11-23-13-4-6-14(7-5-13)31(28,29)26-18-3-1-2-10-22-18;1-21(2,11-26)10-24-31(28,29)14-5-3-13(4-6-14)22-9-15-18-16(25-20(15)27)7-8-17-19(18)30-12-23-17;/h1-13,25-27H;1-12,25,27H,(H,22,26);3-9,12,24-27H,10-11H2,1-2H3;1H4. The van der Waals surface area contributed by atoms with Crippen LogP contribution < -0.4 is 14.2 Å². The van der Waals surface area contributed by atoms with Gasteiger partial charge in [-0.1, -0.05) is 45.5 Å². The van der Waals surface area contributed by atoms with Gasteiger partial charge in [-0.3, -0.25) is 24.4 Å². The first-order chi connectivity index (χ1) is 44.7. The molecule has 14 aromatic rings. The summed E-state index contributed by atoms with van der Waals surface area (Å²) in [6.45, 7) is 3.54. The molecule has 94 heavy (non-hydrogen) atoms. The highest BCUT2D eigenvalue weighted by Gasteiger charge is 2.23. The van der Waals surface area contributed by atoms with Gasteiger partial charge in [0.05, 0.1) is 112 Å². The summed E-state index contributed by atoms with van der Waals surface area (Å²) in [5, 5.41) is 42.9. The lowest BCUT2D eigenvalue weighted by atomic mass is 9.96. The predicted octanol–water partition coefficient (Wildman–Crippen LogP) is 13.6. The third-order valence-corrected chi connectivity index (χ3v) is 21.2. The Bertz CT molecular complexity index is 5260. The number of hydrogen-bond donors (Lipinski definition) is 10. The SMILES string of the molecule is C.CC(C)(CO)CNS(=O)(=O)c1ccc(N=Cc2c(O)[nH]c3ccc4ncsc4c23)cc1.O=S(=O)(Nc1ccccc1)c1ccc(N=Cc2c(O)[nH]c3ccc4ncsc4c23)cc1.O=S(=O)(Nc1ccccn1)c1ccc(N=Cc2c(O)[nH]c3ccc4ncsc4c23)cc1. The van der Waals surface area contributed by atoms with Crippen molar-refractivity contribution in [2.24, 2.45) is 20.4 Å². The van der Waals surface area contributed by atoms with Crippen LogP contribution in [-0.4, -0.2) is 112 Å². The van der Waals surface area contributed by atoms with E-state index in [2.05, 4.69) is 64.0 Å². The largest absolute Gasteiger partial charge is 0.494 e. The van der Waals surface area contributed by atoms with Crippen molar-refractivity contribution < 1.29 is 45.7 Å². The molecule has 7 aromatic heterocycles. The average Bonchev–Trinajstić information content (AvgIpc) is 1.64. The Hall–Kier alpha value is -10.2. The van der Waals surface area contributed by atoms with Crippen LogP contribution in [0.15, 0.2) is 210 Å². The second-order valence-electron chi connectivity index (χ2n) is 21.4. The van der Waals surface area contributed by atoms with E-state index >= 15 is 0 Å². The van der Waals surface area contributed by atoms with Gasteiger partial charge in [0.25, 0.3) is 20.0 Å². The van der Waals surface area contributed by atoms with Crippen molar-refractivity contribution >= 4 is 175 Å². The molecule has 14 rings (SSSR count). The van der Waals surface area contributed by atoms with Gasteiger partial charge in [-0.05, 0) is 133 Å². The summed E-state index contributed by atoms with van der Waals surface area (Å²) >= 11 is 4.47. The van der Waals surface area contributed by atoms with E-state index in [4.69, 9.17) is 0 Å². The molecule has 0 unspecified atom stereocenters. The summed E-state index contributed by atoms with van der Waals surface area (Å²) in [5.41, 5.74) is 13.4. The number of para-hydroxylation sites is 1. The van der Waals surface area contributed by atoms with Gasteiger partial charge in [0.2, 0.25) is 10.0 Å². The van der Waals surface area contributed by atoms with Crippen LogP contribution in [0.4, 0.5) is 28.6 Å². The van der Waals surface area contributed by atoms with Crippen molar-refractivity contribution in [2.45, 2.75) is 36.0 Å². The first-order valence-corrected chi connectivity index (χ1v) is 35.1. The Morgan fingerprint density at radius 3 is 1.21 bits per heavy atom. The number of nitrogens with zero attached hydrogens (tertiary/aromatic N) is 7. The number of pyridine rings is 1. The topological polar surface area (TPSA) is 355 Å². The summed E-state index contributed by atoms with van der Waals surface area (Å²) in [7, 11) is -11.1. The second-order valence-corrected chi connectivity index (χ2v) is 29.1. The number of thiazole rings is 3. The van der Waals surface area contributed by atoms with E-state index in [1.165, 1.54) is 76.6 Å². The van der Waals surface area contributed by atoms with E-state index in [0.29, 0.717) is 39.4 Å². The zero-order chi connectivity index (χ0) is 65.1. The van der Waals surface area contributed by atoms with Crippen LogP contribution in [0.5, 0.6) is 17.6 Å². The van der Waals surface area contributed by atoms with E-state index in [1.807, 2.05) is 42.5 Å². The molecule has 0 spiro atoms. The molecule has 0 aliphatic carbocycles. The molecule has 0 aliphatic rings. The minimum atomic E-state index is -3.76. The van der Waals surface area contributed by atoms with E-state index in [1.54, 1.807) is 128 Å². The second kappa shape index (κ2) is 27.1. The molecule has 0 fully saturated rings. The van der Waals surface area contributed by atoms with E-state index in [9.17, 15) is 45.7 Å². The predicted molar refractivity (Wildman–Crippen MR) is 376 cm³/mol. The van der Waals surface area contributed by atoms with Crippen molar-refractivity contribution in [3.63, 3.8) is 0 Å². The molecule has 0 saturated heterocycles. The fraction of sp³-hybridized carbons (Fsp3) is 0.0923. The van der Waals surface area contributed by atoms with Crippen molar-refractivity contribution in [1.29, 1.82) is 0 Å². The first-order valence-electron chi connectivity index (χ1n) is 28.0. The number of aromatic hydroxyl groups is 3. The molecule has 0 atom stereocenters. The number of rotatable bonds is 17. The Kier molecular flexibility index (Phi) is 18.8. The van der Waals surface area contributed by atoms with Crippen molar-refractivity contribution in [3.05, 3.63) is 197 Å². The van der Waals surface area contributed by atoms with E-state index in [-0.39, 0.29) is 58.7 Å². The monoisotopic (exact) mass is 1370 g/mol. The minimum absolute atomic E-state index is 0. The molecule has 23 nitrogen and oxygen atoms in total. The number of aliphatic hydroxyl groups excluding tert-OH is 1. The number of fused-ring (bicyclic) bond motifs is 9. The summed E-state index contributed by atoms with van der Waals surface area (Å²) in [6, 6.07) is 43.4. The molecule has 0 saturated carbocycles. The lowest BCUT2D eigenvalue weighted by Gasteiger charge is -2.21. The van der Waals surface area contributed by atoms with E-state index in [0.717, 1.165) is 63.4 Å². The van der Waals surface area contributed by atoms with Crippen LogP contribution in [0.25, 0.3) is 63.4 Å². The van der Waals surface area contributed by atoms with Crippen LogP contribution in [0.2, 0.25) is 0 Å². The Morgan fingerprint density at radius 2 is 0.840 bits per heavy atom. The third kappa shape index (κ3) is 14.2. The van der Waals surface area contributed by atoms with Gasteiger partial charge >= 0.3 is 0 Å². The number of aliphatic imine (C=N–C) groups is 3. The number of anilines is 2. The highest BCUT2D eigenvalue weighted by Crippen LogP contribution is 2.38. The normalized spacial score (nSPS) is 12.3. The van der Waals surface area contributed by atoms with Gasteiger partial charge in [-0.2, -0.15) is 0 Å². The number of aromatic nitrogens is 7. The lowest BCUT2D eigenvalue weighted by molar-refractivity contribution is 0.163. The van der Waals surface area contributed by atoms with Crippen molar-refractivity contribution in [1.82, 2.24) is 39.6 Å². The maximum Gasteiger partial charge on any atom is 0.263 e. The first kappa shape index (κ1) is 65.3. The molecular formula is C65H57N13O10S6. The number of nitrogens with one attached hydrogen (secondary N) is 6. The number of sulfonamides is 3. The zero-order valence-corrected chi connectivity index (χ0v) is 53.7. The Morgan fingerprint density at radius 1 is 0.468 bits per heavy atom. The maximum absolute atomic E-state index is 12.6. The molecule has 478 valence electrons. The fourth-order valence-corrected chi connectivity index (χ4v) is 15.4. The summed E-state index contributed by atoms with van der Waals surface area (Å²) in [4.78, 5) is 39.3. The molecule has 0 aliphatic heterocycles. The summed E-state index contributed by atoms with van der Waals surface area (Å²) < 4.78 is 85.4. The van der Waals surface area contributed by atoms with E-state index < -0.39 is 35.5 Å². The molecule has 0 radical (unpaired) electrons. The highest BCUT2D eigenvalue weighted by atomic mass is 32.2. The van der Waals surface area contributed by atoms with Crippen LogP contribution in [0.1, 0.15) is 38.0 Å². The fourth-order valence-electron chi connectivity index (χ4n) is 9.54. The van der Waals surface area contributed by atoms with Gasteiger partial charge in [0.15, 0.2) is 17.6 Å². The minimum Gasteiger partial charge on any atom is -0.494 e. The van der Waals surface area contributed by atoms with Crippen molar-refractivity contribution in [3.8, 4) is 17.6 Å². The summed E-state index contributed by atoms with van der Waals surface area (Å²) in [5.74, 6) is 0.285. The highest BCUT2D eigenvalue weighted by molar-refractivity contribution is 7.93. The lowest BCUT2D eigenvalue weighted by Crippen LogP contribution is -2.36. The molecular weight excluding hydrogens is 1320 g/mol. The molecule has 29 heteroatoms. The van der Waals surface area contributed by atoms with Gasteiger partial charge in [-0.15, -0.1) is 34.0 Å². The third-order valence-electron chi connectivity index (χ3n) is 14.4. The summed E-state index contributed by atoms with van der Waals surface area (Å²) in [6.07, 6.45) is 6.19. The number of benzene rings is 7. The van der Waals surface area contributed by atoms with Crippen LogP contribution in [0.3, 0.4) is 0 Å². The average molecular weight is 1370 g/mol. The van der Waals surface area contributed by atoms with Gasteiger partial charge in [-0.25, -0.2) is 49.9 Å². The van der Waals surface area contributed by atoms with Crippen LogP contribution in [-0.2, 0) is 30.1 Å². The molecule has 10 N–H and O–H groups in total. The smallest absolute Gasteiger partial charge is 0.263 e. The quantitative estimate of drug-likeness (QED) is 0.0379. The number of aromatic amines is 3. The molecule has 0 bridgehead atoms. The number of hydrogen-bond acceptors (Lipinski definition) is 20. The van der Waals surface area contributed by atoms with Crippen LogP contribution >= 0.6 is 34.0 Å². The zero-order valence-electron chi connectivity index (χ0n) is 48.8. The number of aliphatic hydroxyl groups is 1. The molecule has 7 aromatic carbocycles. The van der Waals surface area contributed by atoms with Crippen LogP contribution in [0, 0.1) is 5.41 Å². The molecule has 0 amide bonds. The number of H-pyrrole nitrogens is 3.